The highest BCUT2D eigenvalue weighted by molar-refractivity contribution is 7.85. The number of hydrogen-bond donors (Lipinski definition) is 0. The van der Waals surface area contributed by atoms with Crippen LogP contribution in [0.15, 0.2) is 54.6 Å². The van der Waals surface area contributed by atoms with Crippen molar-refractivity contribution < 1.29 is 12.6 Å². The first kappa shape index (κ1) is 18.8. The van der Waals surface area contributed by atoms with Gasteiger partial charge in [-0.05, 0) is 46.1 Å². The van der Waals surface area contributed by atoms with E-state index in [-0.39, 0.29) is 6.61 Å². The van der Waals surface area contributed by atoms with E-state index in [1.165, 1.54) is 27.1 Å². The second kappa shape index (κ2) is 8.16. The van der Waals surface area contributed by atoms with Crippen LogP contribution in [0.5, 0.6) is 0 Å². The molecule has 4 nitrogen and oxygen atoms in total. The predicted octanol–water partition coefficient (Wildman–Crippen LogP) is 4.18. The molecule has 0 heterocycles. The summed E-state index contributed by atoms with van der Waals surface area (Å²) in [7, 11) is -3.36. The van der Waals surface area contributed by atoms with Crippen molar-refractivity contribution in [2.24, 2.45) is 0 Å². The largest absolute Gasteiger partial charge is 0.299 e. The minimum absolute atomic E-state index is 0.228. The molecule has 0 unspecified atom stereocenters. The lowest BCUT2D eigenvalue weighted by atomic mass is 9.96. The summed E-state index contributed by atoms with van der Waals surface area (Å²) in [4.78, 5) is 2.33. The van der Waals surface area contributed by atoms with Crippen LogP contribution in [0, 0.1) is 0 Å². The van der Waals surface area contributed by atoms with Crippen LogP contribution in [0.4, 0.5) is 0 Å². The Morgan fingerprint density at radius 2 is 1.54 bits per heavy atom. The zero-order valence-corrected chi connectivity index (χ0v) is 16.1. The first-order chi connectivity index (χ1) is 12.5. The van der Waals surface area contributed by atoms with Gasteiger partial charge in [0.1, 0.15) is 0 Å². The highest BCUT2D eigenvalue weighted by Gasteiger charge is 2.11. The van der Waals surface area contributed by atoms with Crippen LogP contribution >= 0.6 is 0 Å². The fraction of sp³-hybridized carbons (Fsp3) is 0.333. The molecule has 0 aromatic heterocycles. The molecule has 0 bridgehead atoms. The zero-order chi connectivity index (χ0) is 18.6. The molecule has 0 saturated heterocycles. The third-order valence-corrected chi connectivity index (χ3v) is 5.22. The molecule has 0 spiro atoms. The van der Waals surface area contributed by atoms with Crippen molar-refractivity contribution in [1.29, 1.82) is 0 Å². The lowest BCUT2D eigenvalue weighted by Crippen LogP contribution is -2.25. The van der Waals surface area contributed by atoms with Gasteiger partial charge in [-0.3, -0.25) is 9.08 Å². The van der Waals surface area contributed by atoms with Gasteiger partial charge in [-0.15, -0.1) is 0 Å². The molecule has 0 radical (unpaired) electrons. The van der Waals surface area contributed by atoms with Gasteiger partial charge >= 0.3 is 0 Å². The second-order valence-electron chi connectivity index (χ2n) is 6.55. The molecule has 138 valence electrons. The van der Waals surface area contributed by atoms with E-state index in [2.05, 4.69) is 66.4 Å². The zero-order valence-electron chi connectivity index (χ0n) is 15.3. The molecule has 0 aliphatic heterocycles. The normalized spacial score (nSPS) is 12.3. The SMILES string of the molecule is CCN(CCCOS(C)(=O)=O)Cc1c2ccccc2cc2ccccc12. The minimum atomic E-state index is -3.36. The molecular weight excluding hydrogens is 346 g/mol. The van der Waals surface area contributed by atoms with E-state index in [1.54, 1.807) is 0 Å². The van der Waals surface area contributed by atoms with Crippen LogP contribution in [-0.2, 0) is 20.8 Å². The first-order valence-electron chi connectivity index (χ1n) is 8.94. The van der Waals surface area contributed by atoms with Crippen LogP contribution in [0.1, 0.15) is 18.9 Å². The van der Waals surface area contributed by atoms with Crippen LogP contribution in [0.2, 0.25) is 0 Å². The summed E-state index contributed by atoms with van der Waals surface area (Å²) in [5.74, 6) is 0. The van der Waals surface area contributed by atoms with Crippen LogP contribution < -0.4 is 0 Å². The van der Waals surface area contributed by atoms with Crippen molar-refractivity contribution in [3.8, 4) is 0 Å². The van der Waals surface area contributed by atoms with E-state index >= 15 is 0 Å². The fourth-order valence-corrected chi connectivity index (χ4v) is 3.77. The standard InChI is InChI=1S/C21H25NO3S/c1-3-22(13-8-14-25-26(2,23)24)16-21-19-11-6-4-9-17(19)15-18-10-5-7-12-20(18)21/h4-7,9-12,15H,3,8,13-14,16H2,1-2H3. The second-order valence-corrected chi connectivity index (χ2v) is 8.19. The molecule has 26 heavy (non-hydrogen) atoms. The van der Waals surface area contributed by atoms with Crippen molar-refractivity contribution in [3.05, 3.63) is 60.2 Å². The molecule has 0 fully saturated rings. The Morgan fingerprint density at radius 3 is 2.08 bits per heavy atom. The van der Waals surface area contributed by atoms with E-state index in [0.717, 1.165) is 25.9 Å². The van der Waals surface area contributed by atoms with Gasteiger partial charge < -0.3 is 0 Å². The maximum absolute atomic E-state index is 11.1. The average Bonchev–Trinajstić information content (AvgIpc) is 2.62. The van der Waals surface area contributed by atoms with E-state index in [4.69, 9.17) is 4.18 Å². The van der Waals surface area contributed by atoms with Gasteiger partial charge in [0.25, 0.3) is 10.1 Å². The third-order valence-electron chi connectivity index (χ3n) is 4.63. The maximum Gasteiger partial charge on any atom is 0.264 e. The Morgan fingerprint density at radius 1 is 0.962 bits per heavy atom. The van der Waals surface area contributed by atoms with Gasteiger partial charge in [-0.2, -0.15) is 8.42 Å². The summed E-state index contributed by atoms with van der Waals surface area (Å²) in [6.07, 6.45) is 1.77. The Balaban J connectivity index is 1.85. The van der Waals surface area contributed by atoms with Crippen LogP contribution in [0.3, 0.4) is 0 Å². The van der Waals surface area contributed by atoms with Gasteiger partial charge in [0.05, 0.1) is 12.9 Å². The quantitative estimate of drug-likeness (QED) is 0.338. The predicted molar refractivity (Wildman–Crippen MR) is 108 cm³/mol. The number of hydrogen-bond acceptors (Lipinski definition) is 4. The monoisotopic (exact) mass is 371 g/mol. The lowest BCUT2D eigenvalue weighted by molar-refractivity contribution is 0.240. The van der Waals surface area contributed by atoms with Crippen molar-refractivity contribution in [2.75, 3.05) is 26.0 Å². The summed E-state index contributed by atoms with van der Waals surface area (Å²) in [5.41, 5.74) is 1.32. The number of fused-ring (bicyclic) bond motifs is 2. The molecule has 0 atom stereocenters. The van der Waals surface area contributed by atoms with E-state index in [9.17, 15) is 8.42 Å². The smallest absolute Gasteiger partial charge is 0.264 e. The number of rotatable bonds is 8. The minimum Gasteiger partial charge on any atom is -0.299 e. The van der Waals surface area contributed by atoms with Crippen molar-refractivity contribution in [3.63, 3.8) is 0 Å². The van der Waals surface area contributed by atoms with Crippen LogP contribution in [0.25, 0.3) is 21.5 Å². The number of nitrogens with zero attached hydrogens (tertiary/aromatic N) is 1. The van der Waals surface area contributed by atoms with E-state index in [1.807, 2.05) is 0 Å². The topological polar surface area (TPSA) is 46.6 Å². The third kappa shape index (κ3) is 4.61. The van der Waals surface area contributed by atoms with Crippen molar-refractivity contribution >= 4 is 31.7 Å². The molecule has 3 aromatic rings. The van der Waals surface area contributed by atoms with E-state index in [0.29, 0.717) is 6.42 Å². The van der Waals surface area contributed by atoms with Gasteiger partial charge in [-0.25, -0.2) is 0 Å². The Bertz CT molecular complexity index is 944. The first-order valence-corrected chi connectivity index (χ1v) is 10.8. The van der Waals surface area contributed by atoms with Gasteiger partial charge in [0.15, 0.2) is 0 Å². The molecule has 0 N–H and O–H groups in total. The highest BCUT2D eigenvalue weighted by atomic mass is 32.2. The van der Waals surface area contributed by atoms with Crippen molar-refractivity contribution in [2.45, 2.75) is 19.9 Å². The average molecular weight is 372 g/mol. The lowest BCUT2D eigenvalue weighted by Gasteiger charge is -2.22. The highest BCUT2D eigenvalue weighted by Crippen LogP contribution is 2.29. The molecule has 3 rings (SSSR count). The van der Waals surface area contributed by atoms with Gasteiger partial charge in [-0.1, -0.05) is 55.5 Å². The maximum atomic E-state index is 11.1. The summed E-state index contributed by atoms with van der Waals surface area (Å²) in [5, 5.41) is 5.05. The van der Waals surface area contributed by atoms with E-state index < -0.39 is 10.1 Å². The Kier molecular flexibility index (Phi) is 5.91. The number of benzene rings is 3. The molecule has 5 heteroatoms. The summed E-state index contributed by atoms with van der Waals surface area (Å²) in [6, 6.07) is 19.2. The van der Waals surface area contributed by atoms with Crippen molar-refractivity contribution in [1.82, 2.24) is 4.90 Å². The molecular formula is C21H25NO3S. The molecule has 3 aromatic carbocycles. The molecule has 0 saturated carbocycles. The summed E-state index contributed by atoms with van der Waals surface area (Å²) < 4.78 is 27.0. The molecule has 0 amide bonds. The van der Waals surface area contributed by atoms with Gasteiger partial charge in [0.2, 0.25) is 0 Å². The van der Waals surface area contributed by atoms with Crippen LogP contribution in [-0.4, -0.2) is 39.3 Å². The molecule has 0 aliphatic rings. The fourth-order valence-electron chi connectivity index (χ4n) is 3.35. The Hall–Kier alpha value is -1.95. The Labute approximate surface area is 155 Å². The summed E-state index contributed by atoms with van der Waals surface area (Å²) in [6.45, 7) is 4.88. The summed E-state index contributed by atoms with van der Waals surface area (Å²) >= 11 is 0. The molecule has 0 aliphatic carbocycles. The van der Waals surface area contributed by atoms with Gasteiger partial charge in [0, 0.05) is 13.1 Å².